The van der Waals surface area contributed by atoms with Crippen LogP contribution in [0.2, 0.25) is 0 Å². The lowest BCUT2D eigenvalue weighted by Crippen LogP contribution is -2.57. The first kappa shape index (κ1) is 24.6. The number of carboxylic acids is 1. The summed E-state index contributed by atoms with van der Waals surface area (Å²) >= 11 is 0. The number of carbonyl (C=O) groups is 3. The summed E-state index contributed by atoms with van der Waals surface area (Å²) in [5.74, 6) is -2.34. The van der Waals surface area contributed by atoms with Gasteiger partial charge in [0.1, 0.15) is 12.6 Å². The van der Waals surface area contributed by atoms with Crippen molar-refractivity contribution in [2.24, 2.45) is 0 Å². The lowest BCUT2D eigenvalue weighted by molar-refractivity contribution is -0.165. The molecule has 0 aromatic heterocycles. The number of halogens is 2. The van der Waals surface area contributed by atoms with Crippen molar-refractivity contribution in [3.8, 4) is 11.1 Å². The van der Waals surface area contributed by atoms with Gasteiger partial charge in [-0.25, -0.2) is 18.4 Å². The molecule has 1 fully saturated rings. The maximum Gasteiger partial charge on any atom is 0.407 e. The number of hydrogen-bond donors (Lipinski definition) is 2. The summed E-state index contributed by atoms with van der Waals surface area (Å²) in [6.45, 7) is 1.49. The molecule has 186 valence electrons. The lowest BCUT2D eigenvalue weighted by atomic mass is 9.98. The molecule has 1 saturated heterocycles. The minimum Gasteiger partial charge on any atom is -0.480 e. The van der Waals surface area contributed by atoms with Gasteiger partial charge in [0.2, 0.25) is 5.91 Å². The number of hydrogen-bond acceptors (Lipinski definition) is 5. The Hall–Kier alpha value is -3.53. The molecule has 1 heterocycles. The van der Waals surface area contributed by atoms with Crippen LogP contribution < -0.4 is 5.32 Å². The number of rotatable bonds is 7. The van der Waals surface area contributed by atoms with Gasteiger partial charge in [0, 0.05) is 12.5 Å². The van der Waals surface area contributed by atoms with Crippen molar-refractivity contribution in [3.63, 3.8) is 0 Å². The van der Waals surface area contributed by atoms with E-state index in [9.17, 15) is 28.3 Å². The summed E-state index contributed by atoms with van der Waals surface area (Å²) in [5, 5.41) is 11.5. The molecule has 2 aliphatic rings. The maximum atomic E-state index is 13.7. The van der Waals surface area contributed by atoms with Crippen molar-refractivity contribution in [3.05, 3.63) is 59.7 Å². The second-order valence-corrected chi connectivity index (χ2v) is 8.56. The highest BCUT2D eigenvalue weighted by Crippen LogP contribution is 2.44. The van der Waals surface area contributed by atoms with Crippen LogP contribution in [-0.4, -0.2) is 72.3 Å². The van der Waals surface area contributed by atoms with E-state index in [0.717, 1.165) is 27.2 Å². The van der Waals surface area contributed by atoms with E-state index in [1.54, 1.807) is 0 Å². The Balaban J connectivity index is 1.39. The molecule has 0 saturated carbocycles. The number of nitrogens with zero attached hydrogens (tertiary/aromatic N) is 1. The normalized spacial score (nSPS) is 20.2. The van der Waals surface area contributed by atoms with Gasteiger partial charge in [-0.2, -0.15) is 0 Å². The Morgan fingerprint density at radius 1 is 1.11 bits per heavy atom. The Morgan fingerprint density at radius 3 is 2.29 bits per heavy atom. The first-order valence-corrected chi connectivity index (χ1v) is 11.3. The molecular weight excluding hydrogens is 462 g/mol. The van der Waals surface area contributed by atoms with Crippen LogP contribution in [0.25, 0.3) is 11.1 Å². The van der Waals surface area contributed by atoms with Gasteiger partial charge in [0.05, 0.1) is 19.1 Å². The van der Waals surface area contributed by atoms with Crippen molar-refractivity contribution in [1.29, 1.82) is 0 Å². The predicted octanol–water partition coefficient (Wildman–Crippen LogP) is 3.25. The average molecular weight is 488 g/mol. The number of amides is 2. The van der Waals surface area contributed by atoms with E-state index in [1.807, 2.05) is 48.5 Å². The van der Waals surface area contributed by atoms with Gasteiger partial charge in [0.25, 0.3) is 6.43 Å². The molecule has 2 aromatic rings. The molecule has 1 aliphatic carbocycles. The van der Waals surface area contributed by atoms with Crippen LogP contribution >= 0.6 is 0 Å². The highest BCUT2D eigenvalue weighted by molar-refractivity contribution is 5.85. The van der Waals surface area contributed by atoms with Crippen molar-refractivity contribution in [2.75, 3.05) is 19.8 Å². The molecule has 35 heavy (non-hydrogen) atoms. The number of ether oxygens (including phenoxy) is 2. The molecule has 0 spiro atoms. The zero-order valence-corrected chi connectivity index (χ0v) is 19.0. The van der Waals surface area contributed by atoms with Gasteiger partial charge in [-0.3, -0.25) is 4.79 Å². The fourth-order valence-electron chi connectivity index (χ4n) is 4.73. The third-order valence-corrected chi connectivity index (χ3v) is 6.41. The third kappa shape index (κ3) is 5.12. The number of fused-ring (bicyclic) bond motifs is 3. The van der Waals surface area contributed by atoms with E-state index in [-0.39, 0.29) is 25.7 Å². The van der Waals surface area contributed by atoms with Crippen LogP contribution in [0.4, 0.5) is 13.6 Å². The predicted molar refractivity (Wildman–Crippen MR) is 121 cm³/mol. The largest absolute Gasteiger partial charge is 0.480 e. The summed E-state index contributed by atoms with van der Waals surface area (Å²) in [6.07, 6.45) is -5.68. The van der Waals surface area contributed by atoms with Gasteiger partial charge in [-0.15, -0.1) is 0 Å². The molecule has 4 rings (SSSR count). The monoisotopic (exact) mass is 488 g/mol. The summed E-state index contributed by atoms with van der Waals surface area (Å²) in [7, 11) is 0. The van der Waals surface area contributed by atoms with E-state index in [2.05, 4.69) is 5.32 Å². The summed E-state index contributed by atoms with van der Waals surface area (Å²) in [4.78, 5) is 37.7. The van der Waals surface area contributed by atoms with E-state index in [4.69, 9.17) is 9.47 Å². The number of morpholine rings is 1. The first-order chi connectivity index (χ1) is 16.8. The molecule has 2 amide bonds. The minimum atomic E-state index is -3.05. The zero-order valence-electron chi connectivity index (χ0n) is 19.0. The quantitative estimate of drug-likeness (QED) is 0.620. The van der Waals surface area contributed by atoms with Crippen molar-refractivity contribution < 1.29 is 37.7 Å². The van der Waals surface area contributed by atoms with Crippen molar-refractivity contribution in [1.82, 2.24) is 10.2 Å². The van der Waals surface area contributed by atoms with Crippen molar-refractivity contribution >= 4 is 18.0 Å². The summed E-state index contributed by atoms with van der Waals surface area (Å²) in [5.41, 5.74) is 4.01. The highest BCUT2D eigenvalue weighted by atomic mass is 19.3. The molecule has 3 unspecified atom stereocenters. The van der Waals surface area contributed by atoms with Gasteiger partial charge < -0.3 is 24.8 Å². The summed E-state index contributed by atoms with van der Waals surface area (Å²) in [6, 6.07) is 12.3. The van der Waals surface area contributed by atoms with E-state index < -0.39 is 49.0 Å². The van der Waals surface area contributed by atoms with Crippen molar-refractivity contribution in [2.45, 2.75) is 43.9 Å². The fraction of sp³-hybridized carbons (Fsp3) is 0.400. The standard InChI is InChI=1S/C25H26F2N2O6/c1-14-22(24(31)32)29(10-11-34-14)21(30)12-20(23(26)27)28-25(33)35-13-19-17-8-4-2-6-15(17)16-7-3-5-9-18(16)19/h2-9,14,19-20,22-23H,10-13H2,1H3,(H,28,33)(H,31,32). The average Bonchev–Trinajstić information content (AvgIpc) is 3.15. The molecule has 2 N–H and O–H groups in total. The number of nitrogens with one attached hydrogen (secondary N) is 1. The van der Waals surface area contributed by atoms with E-state index >= 15 is 0 Å². The molecule has 0 radical (unpaired) electrons. The lowest BCUT2D eigenvalue weighted by Gasteiger charge is -2.37. The van der Waals surface area contributed by atoms with Crippen LogP contribution in [0, 0.1) is 0 Å². The maximum absolute atomic E-state index is 13.7. The second kappa shape index (κ2) is 10.4. The number of benzene rings is 2. The van der Waals surface area contributed by atoms with Crippen LogP contribution in [0.5, 0.6) is 0 Å². The molecule has 10 heteroatoms. The number of aliphatic carboxylic acids is 1. The molecule has 8 nitrogen and oxygen atoms in total. The Morgan fingerprint density at radius 2 is 1.71 bits per heavy atom. The van der Waals surface area contributed by atoms with Gasteiger partial charge >= 0.3 is 12.1 Å². The molecule has 1 aliphatic heterocycles. The van der Waals surface area contributed by atoms with E-state index in [0.29, 0.717) is 0 Å². The Bertz CT molecular complexity index is 1070. The highest BCUT2D eigenvalue weighted by Gasteiger charge is 2.39. The fourth-order valence-corrected chi connectivity index (χ4v) is 4.73. The number of carbonyl (C=O) groups excluding carboxylic acids is 2. The SMILES string of the molecule is CC1OCCN(C(=O)CC(NC(=O)OCC2c3ccccc3-c3ccccc32)C(F)F)C1C(=O)O. The molecule has 2 aromatic carbocycles. The summed E-state index contributed by atoms with van der Waals surface area (Å²) < 4.78 is 37.9. The molecule has 0 bridgehead atoms. The van der Waals surface area contributed by atoms with Crippen LogP contribution in [0.3, 0.4) is 0 Å². The number of carboxylic acid groups (broad SMARTS) is 1. The Labute approximate surface area is 200 Å². The van der Waals surface area contributed by atoms with Crippen LogP contribution in [0.15, 0.2) is 48.5 Å². The zero-order chi connectivity index (χ0) is 25.1. The van der Waals surface area contributed by atoms with Crippen LogP contribution in [0.1, 0.15) is 30.4 Å². The second-order valence-electron chi connectivity index (χ2n) is 8.56. The Kier molecular flexibility index (Phi) is 7.30. The first-order valence-electron chi connectivity index (χ1n) is 11.3. The van der Waals surface area contributed by atoms with E-state index in [1.165, 1.54) is 6.92 Å². The molecule has 3 atom stereocenters. The van der Waals surface area contributed by atoms with Gasteiger partial charge in [-0.1, -0.05) is 48.5 Å². The minimum absolute atomic E-state index is 0.0406. The topological polar surface area (TPSA) is 105 Å². The van der Waals surface area contributed by atoms with Gasteiger partial charge in [-0.05, 0) is 29.2 Å². The van der Waals surface area contributed by atoms with Crippen LogP contribution in [-0.2, 0) is 19.1 Å². The molecular formula is C25H26F2N2O6. The van der Waals surface area contributed by atoms with Gasteiger partial charge in [0.15, 0.2) is 6.04 Å². The number of alkyl carbamates (subject to hydrolysis) is 1. The number of alkyl halides is 2. The third-order valence-electron chi connectivity index (χ3n) is 6.41. The smallest absolute Gasteiger partial charge is 0.407 e.